The lowest BCUT2D eigenvalue weighted by Gasteiger charge is -2.30. The van der Waals surface area contributed by atoms with Crippen LogP contribution in [0.4, 0.5) is 0 Å². The molecule has 0 saturated carbocycles. The third kappa shape index (κ3) is 3.81. The number of benzene rings is 1. The molecule has 118 valence electrons. The van der Waals surface area contributed by atoms with Crippen LogP contribution in [0.25, 0.3) is 0 Å². The highest BCUT2D eigenvalue weighted by Crippen LogP contribution is 2.25. The van der Waals surface area contributed by atoms with Gasteiger partial charge in [0.05, 0.1) is 10.8 Å². The summed E-state index contributed by atoms with van der Waals surface area (Å²) in [6.45, 7) is 4.71. The number of aromatic nitrogens is 2. The Morgan fingerprint density at radius 2 is 2.00 bits per heavy atom. The van der Waals surface area contributed by atoms with Gasteiger partial charge in [0.25, 0.3) is 0 Å². The number of hydrogen-bond donors (Lipinski definition) is 0. The first-order valence-corrected chi connectivity index (χ1v) is 9.00. The Bertz CT molecular complexity index is 621. The molecule has 0 amide bonds. The van der Waals surface area contributed by atoms with Crippen molar-refractivity contribution in [3.8, 4) is 0 Å². The van der Waals surface area contributed by atoms with Crippen molar-refractivity contribution in [1.82, 2.24) is 15.0 Å². The van der Waals surface area contributed by atoms with Crippen LogP contribution in [0.1, 0.15) is 30.5 Å². The van der Waals surface area contributed by atoms with Gasteiger partial charge in [-0.25, -0.2) is 0 Å². The Hall–Kier alpha value is -1.53. The summed E-state index contributed by atoms with van der Waals surface area (Å²) in [7, 11) is -0.908. The van der Waals surface area contributed by atoms with Gasteiger partial charge in [-0.2, -0.15) is 4.98 Å². The molecule has 5 nitrogen and oxygen atoms in total. The van der Waals surface area contributed by atoms with E-state index < -0.39 is 10.8 Å². The van der Waals surface area contributed by atoms with Crippen LogP contribution in [0, 0.1) is 6.92 Å². The van der Waals surface area contributed by atoms with Crippen molar-refractivity contribution in [1.29, 1.82) is 0 Å². The van der Waals surface area contributed by atoms with Gasteiger partial charge in [0.2, 0.25) is 5.89 Å². The molecule has 1 aliphatic heterocycles. The average Bonchev–Trinajstić information content (AvgIpc) is 3.00. The van der Waals surface area contributed by atoms with Crippen LogP contribution in [0.2, 0.25) is 0 Å². The average molecular weight is 319 g/mol. The molecule has 1 fully saturated rings. The summed E-state index contributed by atoms with van der Waals surface area (Å²) in [6, 6.07) is 9.68. The minimum Gasteiger partial charge on any atom is -0.340 e. The Morgan fingerprint density at radius 1 is 1.27 bits per heavy atom. The summed E-state index contributed by atoms with van der Waals surface area (Å²) < 4.78 is 17.3. The first-order chi connectivity index (χ1) is 10.7. The fraction of sp³-hybridized carbons (Fsp3) is 0.500. The number of likely N-dealkylation sites (tertiary alicyclic amines) is 1. The summed E-state index contributed by atoms with van der Waals surface area (Å²) in [5.74, 6) is 2.56. The van der Waals surface area contributed by atoms with E-state index in [2.05, 4.69) is 15.0 Å². The van der Waals surface area contributed by atoms with Crippen molar-refractivity contribution in [3.63, 3.8) is 0 Å². The SMILES string of the molecule is Cc1nc(C2CCN(CC[S@@](=O)c3ccccc3)CC2)no1. The van der Waals surface area contributed by atoms with Crippen LogP contribution in [0.15, 0.2) is 39.8 Å². The van der Waals surface area contributed by atoms with E-state index in [0.29, 0.717) is 17.6 Å². The van der Waals surface area contributed by atoms with E-state index in [-0.39, 0.29) is 0 Å². The molecule has 6 heteroatoms. The Kier molecular flexibility index (Phi) is 5.00. The largest absolute Gasteiger partial charge is 0.340 e. The van der Waals surface area contributed by atoms with Gasteiger partial charge in [-0.3, -0.25) is 4.21 Å². The second-order valence-corrected chi connectivity index (χ2v) is 7.22. The molecule has 1 saturated heterocycles. The van der Waals surface area contributed by atoms with Crippen LogP contribution in [-0.4, -0.2) is 44.6 Å². The summed E-state index contributed by atoms with van der Waals surface area (Å²) in [4.78, 5) is 7.62. The van der Waals surface area contributed by atoms with Crippen LogP contribution < -0.4 is 0 Å². The molecule has 0 spiro atoms. The molecule has 1 aromatic carbocycles. The highest BCUT2D eigenvalue weighted by atomic mass is 32.2. The highest BCUT2D eigenvalue weighted by molar-refractivity contribution is 7.85. The quantitative estimate of drug-likeness (QED) is 0.847. The zero-order valence-electron chi connectivity index (χ0n) is 12.8. The van der Waals surface area contributed by atoms with E-state index in [0.717, 1.165) is 43.2 Å². The third-order valence-electron chi connectivity index (χ3n) is 4.10. The van der Waals surface area contributed by atoms with Crippen molar-refractivity contribution in [2.45, 2.75) is 30.6 Å². The number of nitrogens with zero attached hydrogens (tertiary/aromatic N) is 3. The topological polar surface area (TPSA) is 59.2 Å². The molecular formula is C16H21N3O2S. The summed E-state index contributed by atoms with van der Waals surface area (Å²) in [5.41, 5.74) is 0. The Morgan fingerprint density at radius 3 is 2.64 bits per heavy atom. The van der Waals surface area contributed by atoms with Gasteiger partial charge in [-0.1, -0.05) is 23.4 Å². The lowest BCUT2D eigenvalue weighted by molar-refractivity contribution is 0.218. The van der Waals surface area contributed by atoms with Gasteiger partial charge in [-0.05, 0) is 38.1 Å². The van der Waals surface area contributed by atoms with E-state index in [4.69, 9.17) is 4.52 Å². The fourth-order valence-corrected chi connectivity index (χ4v) is 3.92. The van der Waals surface area contributed by atoms with Crippen molar-refractivity contribution < 1.29 is 8.73 Å². The normalized spacial score (nSPS) is 18.4. The predicted molar refractivity (Wildman–Crippen MR) is 85.2 cm³/mol. The van der Waals surface area contributed by atoms with Gasteiger partial charge in [-0.15, -0.1) is 0 Å². The number of hydrogen-bond acceptors (Lipinski definition) is 5. The zero-order valence-corrected chi connectivity index (χ0v) is 13.6. The molecular weight excluding hydrogens is 298 g/mol. The second kappa shape index (κ2) is 7.15. The van der Waals surface area contributed by atoms with Crippen molar-refractivity contribution in [3.05, 3.63) is 42.0 Å². The van der Waals surface area contributed by atoms with Crippen LogP contribution in [-0.2, 0) is 10.8 Å². The van der Waals surface area contributed by atoms with Gasteiger partial charge >= 0.3 is 0 Å². The lowest BCUT2D eigenvalue weighted by Crippen LogP contribution is -2.35. The Balaban J connectivity index is 1.45. The minimum atomic E-state index is -0.908. The predicted octanol–water partition coefficient (Wildman–Crippen LogP) is 2.37. The molecule has 2 heterocycles. The molecule has 0 radical (unpaired) electrons. The van der Waals surface area contributed by atoms with Gasteiger partial charge in [0, 0.05) is 30.0 Å². The summed E-state index contributed by atoms with van der Waals surface area (Å²) in [6.07, 6.45) is 2.08. The van der Waals surface area contributed by atoms with Gasteiger partial charge in [0.1, 0.15) is 0 Å². The summed E-state index contributed by atoms with van der Waals surface area (Å²) >= 11 is 0. The maximum absolute atomic E-state index is 12.2. The monoisotopic (exact) mass is 319 g/mol. The minimum absolute atomic E-state index is 0.397. The molecule has 1 aliphatic rings. The summed E-state index contributed by atoms with van der Waals surface area (Å²) in [5, 5.41) is 4.03. The van der Waals surface area contributed by atoms with E-state index in [9.17, 15) is 4.21 Å². The number of rotatable bonds is 5. The highest BCUT2D eigenvalue weighted by Gasteiger charge is 2.24. The zero-order chi connectivity index (χ0) is 15.4. The van der Waals surface area contributed by atoms with E-state index in [1.165, 1.54) is 0 Å². The van der Waals surface area contributed by atoms with Crippen molar-refractivity contribution in [2.24, 2.45) is 0 Å². The molecule has 2 aromatic rings. The van der Waals surface area contributed by atoms with Crippen molar-refractivity contribution >= 4 is 10.8 Å². The number of piperidine rings is 1. The van der Waals surface area contributed by atoms with Crippen LogP contribution in [0.3, 0.4) is 0 Å². The molecule has 3 rings (SSSR count). The number of aryl methyl sites for hydroxylation is 1. The van der Waals surface area contributed by atoms with Crippen LogP contribution >= 0.6 is 0 Å². The van der Waals surface area contributed by atoms with E-state index >= 15 is 0 Å². The third-order valence-corrected chi connectivity index (χ3v) is 5.45. The standard InChI is InChI=1S/C16H21N3O2S/c1-13-17-16(18-21-13)14-7-9-19(10-8-14)11-12-22(20)15-5-3-2-4-6-15/h2-6,14H,7-12H2,1H3/t22-/m1/s1. The second-order valence-electron chi connectivity index (χ2n) is 5.65. The Labute approximate surface area is 133 Å². The maximum Gasteiger partial charge on any atom is 0.223 e. The molecule has 1 atom stereocenters. The smallest absolute Gasteiger partial charge is 0.223 e. The molecule has 0 bridgehead atoms. The van der Waals surface area contributed by atoms with Crippen LogP contribution in [0.5, 0.6) is 0 Å². The molecule has 1 aromatic heterocycles. The molecule has 0 unspecified atom stereocenters. The first kappa shape index (κ1) is 15.4. The molecule has 0 aliphatic carbocycles. The fourth-order valence-electron chi connectivity index (χ4n) is 2.80. The van der Waals surface area contributed by atoms with Crippen molar-refractivity contribution in [2.75, 3.05) is 25.4 Å². The lowest BCUT2D eigenvalue weighted by atomic mass is 9.96. The maximum atomic E-state index is 12.2. The molecule has 0 N–H and O–H groups in total. The first-order valence-electron chi connectivity index (χ1n) is 7.68. The van der Waals surface area contributed by atoms with Gasteiger partial charge < -0.3 is 9.42 Å². The van der Waals surface area contributed by atoms with E-state index in [1.807, 2.05) is 37.3 Å². The molecule has 22 heavy (non-hydrogen) atoms. The van der Waals surface area contributed by atoms with E-state index in [1.54, 1.807) is 0 Å². The van der Waals surface area contributed by atoms with Gasteiger partial charge in [0.15, 0.2) is 5.82 Å².